The van der Waals surface area contributed by atoms with Gasteiger partial charge in [-0.05, 0) is 38.5 Å². The van der Waals surface area contributed by atoms with Crippen molar-refractivity contribution in [2.45, 2.75) is 38.5 Å². The van der Waals surface area contributed by atoms with Crippen LogP contribution in [0.4, 0.5) is 17.8 Å². The minimum atomic E-state index is -0.609. The summed E-state index contributed by atoms with van der Waals surface area (Å²) in [5, 5.41) is 70.8. The maximum absolute atomic E-state index is 13.1. The van der Waals surface area contributed by atoms with Gasteiger partial charge in [0.15, 0.2) is 0 Å². The molecule has 0 spiro atoms. The van der Waals surface area contributed by atoms with Crippen LogP contribution in [0.2, 0.25) is 0 Å². The zero-order valence-electron chi connectivity index (χ0n) is 32.3. The lowest BCUT2D eigenvalue weighted by Crippen LogP contribution is -2.47. The summed E-state index contributed by atoms with van der Waals surface area (Å²) in [7, 11) is 0. The third kappa shape index (κ3) is 23.0. The highest BCUT2D eigenvalue weighted by atomic mass is 16.3. The highest BCUT2D eigenvalue weighted by Crippen LogP contribution is 2.20. The molecule has 0 saturated heterocycles. The van der Waals surface area contributed by atoms with Gasteiger partial charge in [0, 0.05) is 78.9 Å². The molecule has 0 fully saturated rings. The van der Waals surface area contributed by atoms with Crippen LogP contribution < -0.4 is 46.6 Å². The molecule has 1 aromatic rings. The van der Waals surface area contributed by atoms with Gasteiger partial charge in [0.05, 0.1) is 0 Å². The third-order valence-electron chi connectivity index (χ3n) is 7.40. The SMILES string of the molecule is O=C(CN(CC(=O)NCCCO)c1nc(N(CC(=O)NCCCO)CC(=O)NCCCO)nc(N(CC(=O)NCCCO)CC(=O)NCCCO)n1)NCCCO. The number of hydrogen-bond acceptors (Lipinski definition) is 18. The Bertz CT molecular complexity index is 1120. The fourth-order valence-corrected chi connectivity index (χ4v) is 4.58. The summed E-state index contributed by atoms with van der Waals surface area (Å²) in [6, 6.07) is 0. The minimum absolute atomic E-state index is 0.0920. The summed E-state index contributed by atoms with van der Waals surface area (Å²) < 4.78 is 0. The van der Waals surface area contributed by atoms with E-state index < -0.39 is 74.7 Å². The molecule has 0 aromatic carbocycles. The average Bonchev–Trinajstić information content (AvgIpc) is 3.17. The molecule has 324 valence electrons. The highest BCUT2D eigenvalue weighted by Gasteiger charge is 2.27. The first kappa shape index (κ1) is 50.0. The van der Waals surface area contributed by atoms with Gasteiger partial charge in [0.25, 0.3) is 0 Å². The number of aliphatic hydroxyl groups is 6. The van der Waals surface area contributed by atoms with Crippen molar-refractivity contribution in [3.8, 4) is 0 Å². The van der Waals surface area contributed by atoms with E-state index in [2.05, 4.69) is 46.9 Å². The maximum atomic E-state index is 13.1. The molecule has 0 bridgehead atoms. The van der Waals surface area contributed by atoms with E-state index in [1.54, 1.807) is 0 Å². The van der Waals surface area contributed by atoms with E-state index >= 15 is 0 Å². The van der Waals surface area contributed by atoms with E-state index in [9.17, 15) is 59.4 Å². The second-order valence-electron chi connectivity index (χ2n) is 12.4. The largest absolute Gasteiger partial charge is 0.396 e. The topological polar surface area (TPSA) is 344 Å². The lowest BCUT2D eigenvalue weighted by molar-refractivity contribution is -0.122. The number of nitrogens with one attached hydrogen (secondary N) is 6. The Morgan fingerprint density at radius 1 is 0.333 bits per heavy atom. The molecule has 0 radical (unpaired) electrons. The van der Waals surface area contributed by atoms with Crippen molar-refractivity contribution in [3.63, 3.8) is 0 Å². The van der Waals surface area contributed by atoms with Crippen molar-refractivity contribution < 1.29 is 59.4 Å². The molecule has 24 heteroatoms. The summed E-state index contributed by atoms with van der Waals surface area (Å²) in [4.78, 5) is 95.4. The van der Waals surface area contributed by atoms with Crippen LogP contribution in [0.15, 0.2) is 0 Å². The molecule has 0 aliphatic rings. The van der Waals surface area contributed by atoms with E-state index in [0.29, 0.717) is 0 Å². The minimum Gasteiger partial charge on any atom is -0.396 e. The molecule has 1 rings (SSSR count). The summed E-state index contributed by atoms with van der Waals surface area (Å²) >= 11 is 0. The molecule has 1 aromatic heterocycles. The molecule has 0 unspecified atom stereocenters. The zero-order valence-corrected chi connectivity index (χ0v) is 32.3. The molecule has 0 aliphatic heterocycles. The number of aromatic nitrogens is 3. The number of anilines is 3. The van der Waals surface area contributed by atoms with Gasteiger partial charge in [-0.3, -0.25) is 28.8 Å². The standard InChI is InChI=1S/C33H60N12O12/c46-13-1-7-34-25(52)19-43(20-26(53)35-8-2-14-47)31-40-32(44(21-27(54)36-9-3-15-48)22-28(55)37-10-4-16-49)42-33(41-31)45(23-29(56)38-11-5-17-50)24-30(57)39-12-6-18-51/h46-51H,1-24H2,(H,34,52)(H,35,53)(H,36,54)(H,37,55)(H,38,56)(H,39,57). The van der Waals surface area contributed by atoms with E-state index in [4.69, 9.17) is 0 Å². The molecule has 0 saturated carbocycles. The number of amides is 6. The molecular formula is C33H60N12O12. The fraction of sp³-hybridized carbons (Fsp3) is 0.727. The van der Waals surface area contributed by atoms with Gasteiger partial charge in [-0.1, -0.05) is 0 Å². The maximum Gasteiger partial charge on any atom is 0.239 e. The Balaban J connectivity index is 3.97. The molecule has 0 aliphatic carbocycles. The van der Waals surface area contributed by atoms with Crippen molar-refractivity contribution in [3.05, 3.63) is 0 Å². The number of carbonyl (C=O) groups excluding carboxylic acids is 6. The second-order valence-corrected chi connectivity index (χ2v) is 12.4. The molecule has 24 nitrogen and oxygen atoms in total. The molecule has 1 heterocycles. The predicted octanol–water partition coefficient (Wildman–Crippen LogP) is -6.72. The van der Waals surface area contributed by atoms with Crippen molar-refractivity contribution in [2.75, 3.05) is 133 Å². The summed E-state index contributed by atoms with van der Waals surface area (Å²) in [5.41, 5.74) is 0. The van der Waals surface area contributed by atoms with Gasteiger partial charge < -0.3 is 77.2 Å². The highest BCUT2D eigenvalue weighted by molar-refractivity contribution is 5.88. The third-order valence-corrected chi connectivity index (χ3v) is 7.40. The van der Waals surface area contributed by atoms with Gasteiger partial charge >= 0.3 is 0 Å². The molecule has 6 amide bonds. The van der Waals surface area contributed by atoms with Crippen molar-refractivity contribution >= 4 is 53.3 Å². The van der Waals surface area contributed by atoms with Crippen molar-refractivity contribution in [2.24, 2.45) is 0 Å². The van der Waals surface area contributed by atoms with Crippen LogP contribution in [0.1, 0.15) is 38.5 Å². The van der Waals surface area contributed by atoms with Crippen molar-refractivity contribution in [1.82, 2.24) is 46.9 Å². The lowest BCUT2D eigenvalue weighted by atomic mass is 10.3. The van der Waals surface area contributed by atoms with Gasteiger partial charge in [-0.15, -0.1) is 0 Å². The van der Waals surface area contributed by atoms with E-state index in [1.165, 1.54) is 0 Å². The number of rotatable bonds is 33. The van der Waals surface area contributed by atoms with Gasteiger partial charge in [-0.2, -0.15) is 15.0 Å². The van der Waals surface area contributed by atoms with E-state index in [-0.39, 0.29) is 135 Å². The Labute approximate surface area is 330 Å². The number of nitrogens with zero attached hydrogens (tertiary/aromatic N) is 6. The molecule has 12 N–H and O–H groups in total. The fourth-order valence-electron chi connectivity index (χ4n) is 4.58. The van der Waals surface area contributed by atoms with Gasteiger partial charge in [-0.25, -0.2) is 0 Å². The first-order chi connectivity index (χ1) is 27.5. The Kier molecular flexibility index (Phi) is 27.3. The normalized spacial score (nSPS) is 10.6. The first-order valence-electron chi connectivity index (χ1n) is 18.8. The summed E-state index contributed by atoms with van der Waals surface area (Å²) in [6.07, 6.45) is 1.41. The molecular weight excluding hydrogens is 756 g/mol. The lowest BCUT2D eigenvalue weighted by Gasteiger charge is -2.28. The first-order valence-corrected chi connectivity index (χ1v) is 18.8. The molecule has 57 heavy (non-hydrogen) atoms. The van der Waals surface area contributed by atoms with Crippen LogP contribution in [0.25, 0.3) is 0 Å². The van der Waals surface area contributed by atoms with Crippen LogP contribution in [0, 0.1) is 0 Å². The predicted molar refractivity (Wildman–Crippen MR) is 205 cm³/mol. The van der Waals surface area contributed by atoms with Crippen molar-refractivity contribution in [1.29, 1.82) is 0 Å². The van der Waals surface area contributed by atoms with Crippen LogP contribution in [0.5, 0.6) is 0 Å². The van der Waals surface area contributed by atoms with Crippen LogP contribution in [-0.4, -0.2) is 199 Å². The van der Waals surface area contributed by atoms with Crippen LogP contribution in [0.3, 0.4) is 0 Å². The van der Waals surface area contributed by atoms with E-state index in [0.717, 1.165) is 14.7 Å². The van der Waals surface area contributed by atoms with Gasteiger partial charge in [0.1, 0.15) is 39.3 Å². The Morgan fingerprint density at radius 2 is 0.491 bits per heavy atom. The summed E-state index contributed by atoms with van der Waals surface area (Å²) in [5.74, 6) is -4.69. The number of hydrogen-bond donors (Lipinski definition) is 12. The Hall–Kier alpha value is -5.01. The average molecular weight is 817 g/mol. The molecule has 0 atom stereocenters. The quantitative estimate of drug-likeness (QED) is 0.0293. The van der Waals surface area contributed by atoms with Gasteiger partial charge in [0.2, 0.25) is 53.3 Å². The monoisotopic (exact) mass is 816 g/mol. The number of aliphatic hydroxyl groups excluding tert-OH is 6. The Morgan fingerprint density at radius 3 is 0.632 bits per heavy atom. The van der Waals surface area contributed by atoms with E-state index in [1.807, 2.05) is 0 Å². The van der Waals surface area contributed by atoms with Crippen LogP contribution in [-0.2, 0) is 28.8 Å². The smallest absolute Gasteiger partial charge is 0.239 e. The zero-order chi connectivity index (χ0) is 42.3. The number of carbonyl (C=O) groups is 6. The second kappa shape index (κ2) is 31.1. The summed E-state index contributed by atoms with van der Waals surface area (Å²) in [6.45, 7) is -3.87. The van der Waals surface area contributed by atoms with Crippen LogP contribution >= 0.6 is 0 Å².